The molecule has 1 N–H and O–H groups in total. The number of aliphatic hydroxyl groups is 1. The standard InChI is InChI=1S/C20H21N3O2/c24-17-12-18(23(14-17)13-16-9-5-2-6-10-16)20-21-19(22-25-20)11-15-7-3-1-4-8-15/h1-10,17-18,24H,11-14H2. The fourth-order valence-electron chi connectivity index (χ4n) is 3.38. The molecule has 3 aromatic rings. The molecule has 5 heteroatoms. The molecule has 1 aromatic heterocycles. The fraction of sp³-hybridized carbons (Fsp3) is 0.300. The largest absolute Gasteiger partial charge is 0.392 e. The molecule has 1 fully saturated rings. The average Bonchev–Trinajstić information content (AvgIpc) is 3.23. The van der Waals surface area contributed by atoms with Crippen LogP contribution >= 0.6 is 0 Å². The molecule has 1 aliphatic rings. The van der Waals surface area contributed by atoms with E-state index in [0.29, 0.717) is 31.1 Å². The van der Waals surface area contributed by atoms with E-state index in [0.717, 1.165) is 12.1 Å². The Morgan fingerprint density at radius 1 is 1.00 bits per heavy atom. The lowest BCUT2D eigenvalue weighted by Crippen LogP contribution is -2.24. The smallest absolute Gasteiger partial charge is 0.244 e. The van der Waals surface area contributed by atoms with Crippen molar-refractivity contribution in [2.24, 2.45) is 0 Å². The minimum Gasteiger partial charge on any atom is -0.392 e. The lowest BCUT2D eigenvalue weighted by Gasteiger charge is -2.21. The van der Waals surface area contributed by atoms with Crippen molar-refractivity contribution in [1.29, 1.82) is 0 Å². The average molecular weight is 335 g/mol. The highest BCUT2D eigenvalue weighted by Crippen LogP contribution is 2.32. The summed E-state index contributed by atoms with van der Waals surface area (Å²) in [7, 11) is 0. The van der Waals surface area contributed by atoms with Crippen molar-refractivity contribution in [3.05, 3.63) is 83.5 Å². The predicted molar refractivity (Wildman–Crippen MR) is 93.8 cm³/mol. The summed E-state index contributed by atoms with van der Waals surface area (Å²) in [6.45, 7) is 1.38. The molecule has 0 aliphatic carbocycles. The molecule has 2 unspecified atom stereocenters. The van der Waals surface area contributed by atoms with Gasteiger partial charge in [0.15, 0.2) is 5.82 Å². The van der Waals surface area contributed by atoms with Gasteiger partial charge in [-0.2, -0.15) is 4.98 Å². The molecule has 0 saturated carbocycles. The lowest BCUT2D eigenvalue weighted by molar-refractivity contribution is 0.169. The number of benzene rings is 2. The molecule has 0 amide bonds. The van der Waals surface area contributed by atoms with Crippen molar-refractivity contribution < 1.29 is 9.63 Å². The first-order chi connectivity index (χ1) is 12.3. The Bertz CT molecular complexity index is 804. The fourth-order valence-corrected chi connectivity index (χ4v) is 3.38. The van der Waals surface area contributed by atoms with Gasteiger partial charge in [0.05, 0.1) is 12.1 Å². The lowest BCUT2D eigenvalue weighted by atomic mass is 10.1. The molecule has 2 atom stereocenters. The van der Waals surface area contributed by atoms with Crippen LogP contribution in [-0.2, 0) is 13.0 Å². The molecule has 0 bridgehead atoms. The van der Waals surface area contributed by atoms with Crippen LogP contribution < -0.4 is 0 Å². The zero-order valence-corrected chi connectivity index (χ0v) is 14.0. The van der Waals surface area contributed by atoms with Gasteiger partial charge >= 0.3 is 0 Å². The van der Waals surface area contributed by atoms with E-state index < -0.39 is 0 Å². The second-order valence-electron chi connectivity index (χ2n) is 6.53. The summed E-state index contributed by atoms with van der Waals surface area (Å²) in [5.41, 5.74) is 2.37. The SMILES string of the molecule is OC1CC(c2nc(Cc3ccccc3)no2)N(Cc2ccccc2)C1. The number of aromatic nitrogens is 2. The minimum atomic E-state index is -0.363. The Labute approximate surface area is 146 Å². The van der Waals surface area contributed by atoms with Crippen molar-refractivity contribution in [3.8, 4) is 0 Å². The van der Waals surface area contributed by atoms with E-state index in [-0.39, 0.29) is 12.1 Å². The Morgan fingerprint density at radius 3 is 2.40 bits per heavy atom. The van der Waals surface area contributed by atoms with Gasteiger partial charge in [-0.25, -0.2) is 0 Å². The third-order valence-electron chi connectivity index (χ3n) is 4.58. The van der Waals surface area contributed by atoms with Crippen LogP contribution in [0.25, 0.3) is 0 Å². The van der Waals surface area contributed by atoms with E-state index in [1.165, 1.54) is 5.56 Å². The van der Waals surface area contributed by atoms with Crippen LogP contribution in [-0.4, -0.2) is 32.8 Å². The highest BCUT2D eigenvalue weighted by molar-refractivity contribution is 5.19. The third-order valence-corrected chi connectivity index (χ3v) is 4.58. The zero-order valence-electron chi connectivity index (χ0n) is 14.0. The molecular weight excluding hydrogens is 314 g/mol. The van der Waals surface area contributed by atoms with Gasteiger partial charge in [-0.1, -0.05) is 65.8 Å². The Hall–Kier alpha value is -2.50. The molecule has 2 heterocycles. The van der Waals surface area contributed by atoms with Crippen LogP contribution in [0.2, 0.25) is 0 Å². The summed E-state index contributed by atoms with van der Waals surface area (Å²) in [6, 6.07) is 20.3. The first-order valence-electron chi connectivity index (χ1n) is 8.60. The molecule has 2 aromatic carbocycles. The van der Waals surface area contributed by atoms with Crippen molar-refractivity contribution in [3.63, 3.8) is 0 Å². The summed E-state index contributed by atoms with van der Waals surface area (Å²) in [5, 5.41) is 14.2. The van der Waals surface area contributed by atoms with Gasteiger partial charge in [-0.15, -0.1) is 0 Å². The van der Waals surface area contributed by atoms with Crippen molar-refractivity contribution >= 4 is 0 Å². The van der Waals surface area contributed by atoms with Crippen LogP contribution in [0.4, 0.5) is 0 Å². The molecule has 25 heavy (non-hydrogen) atoms. The van der Waals surface area contributed by atoms with E-state index in [4.69, 9.17) is 4.52 Å². The summed E-state index contributed by atoms with van der Waals surface area (Å²) < 4.78 is 5.52. The first-order valence-corrected chi connectivity index (χ1v) is 8.60. The van der Waals surface area contributed by atoms with Crippen LogP contribution in [0.3, 0.4) is 0 Å². The van der Waals surface area contributed by atoms with E-state index in [9.17, 15) is 5.11 Å². The Kier molecular flexibility index (Phi) is 4.59. The second-order valence-corrected chi connectivity index (χ2v) is 6.53. The topological polar surface area (TPSA) is 62.4 Å². The van der Waals surface area contributed by atoms with E-state index in [2.05, 4.69) is 39.3 Å². The van der Waals surface area contributed by atoms with Crippen LogP contribution in [0.1, 0.15) is 35.3 Å². The monoisotopic (exact) mass is 335 g/mol. The molecule has 0 radical (unpaired) electrons. The number of hydrogen-bond donors (Lipinski definition) is 1. The molecule has 1 saturated heterocycles. The van der Waals surface area contributed by atoms with Crippen molar-refractivity contribution in [2.75, 3.05) is 6.54 Å². The number of rotatable bonds is 5. The number of aliphatic hydroxyl groups excluding tert-OH is 1. The number of β-amino-alcohol motifs (C(OH)–C–C–N with tert-alkyl or cyclic N) is 1. The Morgan fingerprint density at radius 2 is 1.68 bits per heavy atom. The van der Waals surface area contributed by atoms with Gasteiger partial charge in [0, 0.05) is 19.5 Å². The molecule has 1 aliphatic heterocycles. The third kappa shape index (κ3) is 3.78. The van der Waals surface area contributed by atoms with Gasteiger partial charge in [0.1, 0.15) is 0 Å². The van der Waals surface area contributed by atoms with Crippen LogP contribution in [0, 0.1) is 0 Å². The number of hydrogen-bond acceptors (Lipinski definition) is 5. The highest BCUT2D eigenvalue weighted by atomic mass is 16.5. The van der Waals surface area contributed by atoms with Crippen LogP contribution in [0.5, 0.6) is 0 Å². The molecule has 4 rings (SSSR count). The van der Waals surface area contributed by atoms with Crippen LogP contribution in [0.15, 0.2) is 65.2 Å². The summed E-state index contributed by atoms with van der Waals surface area (Å²) in [5.74, 6) is 1.28. The predicted octanol–water partition coefficient (Wildman–Crippen LogP) is 2.97. The minimum absolute atomic E-state index is 0.0350. The van der Waals surface area contributed by atoms with Crippen molar-refractivity contribution in [1.82, 2.24) is 15.0 Å². The van der Waals surface area contributed by atoms with E-state index in [1.54, 1.807) is 0 Å². The summed E-state index contributed by atoms with van der Waals surface area (Å²) in [6.07, 6.45) is 0.913. The maximum absolute atomic E-state index is 10.1. The molecule has 5 nitrogen and oxygen atoms in total. The molecule has 128 valence electrons. The summed E-state index contributed by atoms with van der Waals surface area (Å²) >= 11 is 0. The van der Waals surface area contributed by atoms with E-state index >= 15 is 0 Å². The normalized spacial score (nSPS) is 20.8. The highest BCUT2D eigenvalue weighted by Gasteiger charge is 2.35. The second kappa shape index (κ2) is 7.17. The number of nitrogens with zero attached hydrogens (tertiary/aromatic N) is 3. The number of likely N-dealkylation sites (tertiary alicyclic amines) is 1. The van der Waals surface area contributed by atoms with Gasteiger partial charge in [0.2, 0.25) is 5.89 Å². The van der Waals surface area contributed by atoms with Crippen molar-refractivity contribution in [2.45, 2.75) is 31.5 Å². The van der Waals surface area contributed by atoms with Gasteiger partial charge in [0.25, 0.3) is 0 Å². The maximum atomic E-state index is 10.1. The first kappa shape index (κ1) is 16.0. The summed E-state index contributed by atoms with van der Waals surface area (Å²) in [4.78, 5) is 6.79. The van der Waals surface area contributed by atoms with Gasteiger partial charge in [-0.05, 0) is 17.5 Å². The quantitative estimate of drug-likeness (QED) is 0.777. The zero-order chi connectivity index (χ0) is 17.1. The van der Waals surface area contributed by atoms with E-state index in [1.807, 2.05) is 36.4 Å². The molecule has 0 spiro atoms. The Balaban J connectivity index is 1.49. The van der Waals surface area contributed by atoms with Gasteiger partial charge in [-0.3, -0.25) is 4.90 Å². The molecular formula is C20H21N3O2. The van der Waals surface area contributed by atoms with Gasteiger partial charge < -0.3 is 9.63 Å². The maximum Gasteiger partial charge on any atom is 0.244 e.